The predicted octanol–water partition coefficient (Wildman–Crippen LogP) is 4.92. The molecule has 0 aliphatic heterocycles. The van der Waals surface area contributed by atoms with Crippen LogP contribution in [0.3, 0.4) is 0 Å². The predicted molar refractivity (Wildman–Crippen MR) is 115 cm³/mol. The number of thiazole rings is 1. The number of ether oxygens (including phenoxy) is 3. The van der Waals surface area contributed by atoms with Crippen molar-refractivity contribution >= 4 is 22.7 Å². The summed E-state index contributed by atoms with van der Waals surface area (Å²) < 4.78 is 16.4. The maximum atomic E-state index is 5.47. The smallest absolute Gasteiger partial charge is 0.203 e. The molecule has 2 aromatic heterocycles. The molecule has 0 saturated carbocycles. The van der Waals surface area contributed by atoms with Gasteiger partial charge in [-0.15, -0.1) is 11.3 Å². The van der Waals surface area contributed by atoms with E-state index in [2.05, 4.69) is 36.0 Å². The zero-order valence-corrected chi connectivity index (χ0v) is 18.5. The molecule has 1 aromatic carbocycles. The SMILES string of the molecule is COc1cc(CNC(Cc2ccsc2)c2nc(C)c(C)s2)cc(OC)c1OC. The highest BCUT2D eigenvalue weighted by atomic mass is 32.1. The van der Waals surface area contributed by atoms with E-state index in [1.807, 2.05) is 12.1 Å². The van der Waals surface area contributed by atoms with Crippen molar-refractivity contribution in [1.29, 1.82) is 0 Å². The third-order valence-corrected chi connectivity index (χ3v) is 6.56. The van der Waals surface area contributed by atoms with E-state index in [0.717, 1.165) is 22.7 Å². The van der Waals surface area contributed by atoms with E-state index in [9.17, 15) is 0 Å². The first-order valence-electron chi connectivity index (χ1n) is 9.03. The number of rotatable bonds is 9. The zero-order chi connectivity index (χ0) is 20.1. The lowest BCUT2D eigenvalue weighted by Crippen LogP contribution is -2.23. The van der Waals surface area contributed by atoms with E-state index in [4.69, 9.17) is 19.2 Å². The highest BCUT2D eigenvalue weighted by Crippen LogP contribution is 2.38. The second kappa shape index (κ2) is 9.41. The molecule has 0 aliphatic rings. The second-order valence-corrected chi connectivity index (χ2v) is 8.51. The van der Waals surface area contributed by atoms with Crippen LogP contribution >= 0.6 is 22.7 Å². The fourth-order valence-corrected chi connectivity index (χ4v) is 4.70. The second-order valence-electron chi connectivity index (χ2n) is 6.50. The van der Waals surface area contributed by atoms with Gasteiger partial charge >= 0.3 is 0 Å². The fourth-order valence-electron chi connectivity index (χ4n) is 3.02. The van der Waals surface area contributed by atoms with E-state index >= 15 is 0 Å². The third-order valence-electron chi connectivity index (χ3n) is 4.64. The first kappa shape index (κ1) is 20.6. The van der Waals surface area contributed by atoms with Gasteiger partial charge in [-0.3, -0.25) is 0 Å². The molecule has 0 spiro atoms. The molecule has 0 bridgehead atoms. The van der Waals surface area contributed by atoms with Gasteiger partial charge in [0.25, 0.3) is 0 Å². The van der Waals surface area contributed by atoms with Crippen LogP contribution < -0.4 is 19.5 Å². The van der Waals surface area contributed by atoms with E-state index in [1.165, 1.54) is 10.4 Å². The normalized spacial score (nSPS) is 12.0. The molecule has 0 aliphatic carbocycles. The van der Waals surface area contributed by atoms with Gasteiger partial charge in [0.05, 0.1) is 33.1 Å². The van der Waals surface area contributed by atoms with Crippen molar-refractivity contribution < 1.29 is 14.2 Å². The number of benzene rings is 1. The van der Waals surface area contributed by atoms with Gasteiger partial charge in [-0.25, -0.2) is 4.98 Å². The van der Waals surface area contributed by atoms with Gasteiger partial charge < -0.3 is 19.5 Å². The van der Waals surface area contributed by atoms with Crippen LogP contribution in [0.1, 0.15) is 32.7 Å². The summed E-state index contributed by atoms with van der Waals surface area (Å²) in [7, 11) is 4.88. The summed E-state index contributed by atoms with van der Waals surface area (Å²) in [4.78, 5) is 6.05. The Bertz CT molecular complexity index is 862. The standard InChI is InChI=1S/C21H26N2O3S2/c1-13-14(2)28-21(23-13)17(8-15-6-7-27-12-15)22-11-16-9-18(24-3)20(26-5)19(10-16)25-4/h6-7,9-10,12,17,22H,8,11H2,1-5H3. The Morgan fingerprint density at radius 2 is 1.75 bits per heavy atom. The van der Waals surface area contributed by atoms with Gasteiger partial charge in [0.1, 0.15) is 5.01 Å². The number of aryl methyl sites for hydroxylation is 2. The highest BCUT2D eigenvalue weighted by molar-refractivity contribution is 7.11. The van der Waals surface area contributed by atoms with Crippen molar-refractivity contribution in [3.8, 4) is 17.2 Å². The lowest BCUT2D eigenvalue weighted by molar-refractivity contribution is 0.323. The van der Waals surface area contributed by atoms with Crippen LogP contribution in [-0.2, 0) is 13.0 Å². The Balaban J connectivity index is 1.83. The highest BCUT2D eigenvalue weighted by Gasteiger charge is 2.19. The van der Waals surface area contributed by atoms with Crippen LogP contribution in [0, 0.1) is 13.8 Å². The first-order valence-corrected chi connectivity index (χ1v) is 10.8. The number of hydrogen-bond donors (Lipinski definition) is 1. The zero-order valence-electron chi connectivity index (χ0n) is 16.9. The van der Waals surface area contributed by atoms with Crippen LogP contribution in [0.25, 0.3) is 0 Å². The van der Waals surface area contributed by atoms with Crippen LogP contribution in [0.15, 0.2) is 29.0 Å². The lowest BCUT2D eigenvalue weighted by Gasteiger charge is -2.18. The van der Waals surface area contributed by atoms with Crippen molar-refractivity contribution in [2.24, 2.45) is 0 Å². The molecule has 7 heteroatoms. The van der Waals surface area contributed by atoms with Gasteiger partial charge in [0.15, 0.2) is 11.5 Å². The van der Waals surface area contributed by atoms with Crippen molar-refractivity contribution in [3.63, 3.8) is 0 Å². The maximum absolute atomic E-state index is 5.47. The van der Waals surface area contributed by atoms with Gasteiger partial charge in [-0.05, 0) is 60.4 Å². The summed E-state index contributed by atoms with van der Waals surface area (Å²) >= 11 is 3.48. The van der Waals surface area contributed by atoms with E-state index in [0.29, 0.717) is 23.8 Å². The average molecular weight is 419 g/mol. The van der Waals surface area contributed by atoms with Crippen LogP contribution in [0.2, 0.25) is 0 Å². The molecule has 3 rings (SSSR count). The maximum Gasteiger partial charge on any atom is 0.203 e. The minimum absolute atomic E-state index is 0.145. The molecule has 0 amide bonds. The van der Waals surface area contributed by atoms with Crippen molar-refractivity contribution in [2.45, 2.75) is 32.9 Å². The van der Waals surface area contributed by atoms with Gasteiger partial charge in [-0.1, -0.05) is 0 Å². The molecule has 0 radical (unpaired) electrons. The minimum Gasteiger partial charge on any atom is -0.493 e. The molecule has 1 unspecified atom stereocenters. The molecule has 3 aromatic rings. The van der Waals surface area contributed by atoms with E-state index in [1.54, 1.807) is 44.0 Å². The molecule has 1 N–H and O–H groups in total. The number of nitrogens with one attached hydrogen (secondary N) is 1. The molecule has 5 nitrogen and oxygen atoms in total. The largest absolute Gasteiger partial charge is 0.493 e. The molecular weight excluding hydrogens is 392 g/mol. The van der Waals surface area contributed by atoms with Crippen molar-refractivity contribution in [2.75, 3.05) is 21.3 Å². The summed E-state index contributed by atoms with van der Waals surface area (Å²) in [6, 6.07) is 6.28. The number of hydrogen-bond acceptors (Lipinski definition) is 7. The number of methoxy groups -OCH3 is 3. The monoisotopic (exact) mass is 418 g/mol. The Morgan fingerprint density at radius 1 is 1.04 bits per heavy atom. The number of aromatic nitrogens is 1. The first-order chi connectivity index (χ1) is 13.5. The summed E-state index contributed by atoms with van der Waals surface area (Å²) in [6.07, 6.45) is 0.903. The Hall–Kier alpha value is -2.09. The molecule has 0 fully saturated rings. The topological polar surface area (TPSA) is 52.6 Å². The molecular formula is C21H26N2O3S2. The summed E-state index contributed by atoms with van der Waals surface area (Å²) in [5.74, 6) is 1.93. The van der Waals surface area contributed by atoms with E-state index < -0.39 is 0 Å². The molecule has 2 heterocycles. The van der Waals surface area contributed by atoms with Gasteiger partial charge in [0.2, 0.25) is 5.75 Å². The molecule has 28 heavy (non-hydrogen) atoms. The summed E-state index contributed by atoms with van der Waals surface area (Å²) in [5.41, 5.74) is 3.48. The third kappa shape index (κ3) is 4.66. The van der Waals surface area contributed by atoms with Gasteiger partial charge in [-0.2, -0.15) is 11.3 Å². The van der Waals surface area contributed by atoms with Crippen LogP contribution in [0.4, 0.5) is 0 Å². The van der Waals surface area contributed by atoms with Crippen molar-refractivity contribution in [3.05, 3.63) is 55.7 Å². The lowest BCUT2D eigenvalue weighted by atomic mass is 10.1. The van der Waals surface area contributed by atoms with E-state index in [-0.39, 0.29) is 6.04 Å². The Labute approximate surface area is 174 Å². The van der Waals surface area contributed by atoms with Crippen LogP contribution in [0.5, 0.6) is 17.2 Å². The van der Waals surface area contributed by atoms with Crippen molar-refractivity contribution in [1.82, 2.24) is 10.3 Å². The fraction of sp³-hybridized carbons (Fsp3) is 0.381. The Kier molecular flexibility index (Phi) is 6.93. The average Bonchev–Trinajstić information content (AvgIpc) is 3.33. The molecule has 150 valence electrons. The Morgan fingerprint density at radius 3 is 2.25 bits per heavy atom. The van der Waals surface area contributed by atoms with Crippen LogP contribution in [-0.4, -0.2) is 26.3 Å². The summed E-state index contributed by atoms with van der Waals surface area (Å²) in [5, 5.41) is 9.10. The van der Waals surface area contributed by atoms with Gasteiger partial charge in [0, 0.05) is 11.4 Å². The molecule has 0 saturated heterocycles. The molecule has 1 atom stereocenters. The quantitative estimate of drug-likeness (QED) is 0.534. The number of thiophene rings is 1. The minimum atomic E-state index is 0.145. The number of nitrogens with zero attached hydrogens (tertiary/aromatic N) is 1. The summed E-state index contributed by atoms with van der Waals surface area (Å²) in [6.45, 7) is 4.86.